The zero-order valence-electron chi connectivity index (χ0n) is 9.30. The van der Waals surface area contributed by atoms with E-state index in [1.165, 1.54) is 5.56 Å². The summed E-state index contributed by atoms with van der Waals surface area (Å²) in [5.41, 5.74) is 2.27. The maximum Gasteiger partial charge on any atom is 0.223 e. The van der Waals surface area contributed by atoms with E-state index in [2.05, 4.69) is 0 Å². The van der Waals surface area contributed by atoms with Crippen LogP contribution in [0.4, 0.5) is 0 Å². The number of benzene rings is 1. The Balaban J connectivity index is 2.27. The Morgan fingerprint density at radius 1 is 1.19 bits per heavy atom. The van der Waals surface area contributed by atoms with Crippen LogP contribution < -0.4 is 0 Å². The fraction of sp³-hybridized carbons (Fsp3) is 0.385. The van der Waals surface area contributed by atoms with E-state index in [1.807, 2.05) is 43.3 Å². The van der Waals surface area contributed by atoms with Crippen molar-refractivity contribution < 1.29 is 4.92 Å². The second-order valence-electron chi connectivity index (χ2n) is 4.31. The predicted octanol–water partition coefficient (Wildman–Crippen LogP) is 3.07. The highest BCUT2D eigenvalue weighted by Gasteiger charge is 2.32. The predicted molar refractivity (Wildman–Crippen MR) is 63.1 cm³/mol. The minimum absolute atomic E-state index is 0.0283. The number of hydrogen-bond acceptors (Lipinski definition) is 2. The molecule has 0 N–H and O–H groups in total. The molecule has 0 aromatic heterocycles. The molecule has 0 spiro atoms. The zero-order valence-corrected chi connectivity index (χ0v) is 9.30. The van der Waals surface area contributed by atoms with Gasteiger partial charge >= 0.3 is 0 Å². The molecule has 1 aromatic carbocycles. The molecule has 0 saturated heterocycles. The third kappa shape index (κ3) is 2.13. The van der Waals surface area contributed by atoms with E-state index >= 15 is 0 Å². The van der Waals surface area contributed by atoms with Gasteiger partial charge in [-0.15, -0.1) is 0 Å². The lowest BCUT2D eigenvalue weighted by Gasteiger charge is -2.22. The Kier molecular flexibility index (Phi) is 3.04. The van der Waals surface area contributed by atoms with Crippen molar-refractivity contribution in [2.45, 2.75) is 31.7 Å². The fourth-order valence-corrected chi connectivity index (χ4v) is 2.20. The molecule has 3 nitrogen and oxygen atoms in total. The van der Waals surface area contributed by atoms with Gasteiger partial charge in [-0.05, 0) is 18.9 Å². The zero-order chi connectivity index (χ0) is 11.5. The molecule has 0 saturated carbocycles. The molecule has 0 radical (unpaired) electrons. The Hall–Kier alpha value is -1.64. The summed E-state index contributed by atoms with van der Waals surface area (Å²) in [5, 5.41) is 11.0. The first kappa shape index (κ1) is 10.9. The normalized spacial score (nSPS) is 24.3. The van der Waals surface area contributed by atoms with Gasteiger partial charge in [0.05, 0.1) is 5.92 Å². The number of rotatable bonds is 2. The van der Waals surface area contributed by atoms with Crippen molar-refractivity contribution in [2.75, 3.05) is 0 Å². The molecule has 1 aliphatic rings. The number of hydrogen-bond donors (Lipinski definition) is 0. The highest BCUT2D eigenvalue weighted by atomic mass is 16.6. The second-order valence-corrected chi connectivity index (χ2v) is 4.31. The van der Waals surface area contributed by atoms with Crippen molar-refractivity contribution in [2.24, 2.45) is 0 Å². The van der Waals surface area contributed by atoms with Gasteiger partial charge in [-0.2, -0.15) is 0 Å². The van der Waals surface area contributed by atoms with Crippen LogP contribution >= 0.6 is 0 Å². The van der Waals surface area contributed by atoms with Crippen LogP contribution in [0, 0.1) is 17.0 Å². The second kappa shape index (κ2) is 4.47. The van der Waals surface area contributed by atoms with Crippen molar-refractivity contribution >= 4 is 0 Å². The maximum atomic E-state index is 11.0. The van der Waals surface area contributed by atoms with E-state index in [1.54, 1.807) is 0 Å². The summed E-state index contributed by atoms with van der Waals surface area (Å²) in [7, 11) is 0. The monoisotopic (exact) mass is 217 g/mol. The number of nitro groups is 1. The molecule has 84 valence electrons. The average Bonchev–Trinajstić information content (AvgIpc) is 2.30. The molecule has 3 heteroatoms. The molecule has 2 atom stereocenters. The molecular formula is C13H15NO2. The Morgan fingerprint density at radius 2 is 1.81 bits per heavy atom. The van der Waals surface area contributed by atoms with Gasteiger partial charge in [-0.1, -0.05) is 42.0 Å². The molecular weight excluding hydrogens is 202 g/mol. The van der Waals surface area contributed by atoms with Gasteiger partial charge in [-0.3, -0.25) is 10.1 Å². The third-order valence-electron chi connectivity index (χ3n) is 3.18. The van der Waals surface area contributed by atoms with Crippen molar-refractivity contribution in [3.63, 3.8) is 0 Å². The minimum Gasteiger partial charge on any atom is -0.264 e. The van der Waals surface area contributed by atoms with Crippen LogP contribution in [0.1, 0.15) is 29.9 Å². The Morgan fingerprint density at radius 3 is 2.44 bits per heavy atom. The standard InChI is InChI=1S/C13H15NO2/c1-10-6-8-11(9-7-10)12-4-2-3-5-13(12)14(15)16/h2-3,6-9,12-13H,4-5H2,1H3/t12-,13+/m0/s1. The van der Waals surface area contributed by atoms with Gasteiger partial charge in [0.1, 0.15) is 0 Å². The highest BCUT2D eigenvalue weighted by molar-refractivity contribution is 5.27. The van der Waals surface area contributed by atoms with E-state index in [-0.39, 0.29) is 10.8 Å². The van der Waals surface area contributed by atoms with E-state index in [9.17, 15) is 10.1 Å². The van der Waals surface area contributed by atoms with Gasteiger partial charge in [0.15, 0.2) is 0 Å². The molecule has 0 bridgehead atoms. The average molecular weight is 217 g/mol. The van der Waals surface area contributed by atoms with Crippen molar-refractivity contribution in [1.29, 1.82) is 0 Å². The molecule has 0 amide bonds. The Labute approximate surface area is 94.9 Å². The molecule has 16 heavy (non-hydrogen) atoms. The van der Waals surface area contributed by atoms with Crippen molar-refractivity contribution in [1.82, 2.24) is 0 Å². The first-order valence-corrected chi connectivity index (χ1v) is 5.53. The van der Waals surface area contributed by atoms with Gasteiger partial charge in [0.25, 0.3) is 0 Å². The quantitative estimate of drug-likeness (QED) is 0.434. The lowest BCUT2D eigenvalue weighted by atomic mass is 9.83. The topological polar surface area (TPSA) is 43.1 Å². The largest absolute Gasteiger partial charge is 0.264 e. The number of nitrogens with zero attached hydrogens (tertiary/aromatic N) is 1. The summed E-state index contributed by atoms with van der Waals surface area (Å²) in [6.45, 7) is 2.02. The summed E-state index contributed by atoms with van der Waals surface area (Å²) in [4.78, 5) is 10.8. The number of aryl methyl sites for hydroxylation is 1. The van der Waals surface area contributed by atoms with Gasteiger partial charge < -0.3 is 0 Å². The van der Waals surface area contributed by atoms with Crippen LogP contribution in [-0.4, -0.2) is 11.0 Å². The van der Waals surface area contributed by atoms with E-state index in [4.69, 9.17) is 0 Å². The lowest BCUT2D eigenvalue weighted by molar-refractivity contribution is -0.526. The van der Waals surface area contributed by atoms with Crippen LogP contribution in [0.25, 0.3) is 0 Å². The van der Waals surface area contributed by atoms with Crippen LogP contribution in [0.2, 0.25) is 0 Å². The van der Waals surface area contributed by atoms with Crippen LogP contribution in [0.3, 0.4) is 0 Å². The molecule has 0 unspecified atom stereocenters. The summed E-state index contributed by atoms with van der Waals surface area (Å²) >= 11 is 0. The molecule has 2 rings (SSSR count). The van der Waals surface area contributed by atoms with Gasteiger partial charge in [0.2, 0.25) is 6.04 Å². The first-order valence-electron chi connectivity index (χ1n) is 5.53. The number of allylic oxidation sites excluding steroid dienone is 1. The molecule has 0 heterocycles. The molecule has 1 aromatic rings. The van der Waals surface area contributed by atoms with Crippen molar-refractivity contribution in [3.05, 3.63) is 57.7 Å². The van der Waals surface area contributed by atoms with Crippen LogP contribution in [0.5, 0.6) is 0 Å². The summed E-state index contributed by atoms with van der Waals surface area (Å²) in [5.74, 6) is 0.0283. The van der Waals surface area contributed by atoms with Gasteiger partial charge in [-0.25, -0.2) is 0 Å². The Bertz CT molecular complexity index is 408. The molecule has 1 aliphatic carbocycles. The highest BCUT2D eigenvalue weighted by Crippen LogP contribution is 2.31. The summed E-state index contributed by atoms with van der Waals surface area (Å²) in [6.07, 6.45) is 5.28. The smallest absolute Gasteiger partial charge is 0.223 e. The molecule has 0 aliphatic heterocycles. The third-order valence-corrected chi connectivity index (χ3v) is 3.18. The maximum absolute atomic E-state index is 11.0. The lowest BCUT2D eigenvalue weighted by Crippen LogP contribution is -2.28. The summed E-state index contributed by atoms with van der Waals surface area (Å²) in [6, 6.07) is 7.59. The fourth-order valence-electron chi connectivity index (χ4n) is 2.20. The van der Waals surface area contributed by atoms with E-state index in [0.717, 1.165) is 12.0 Å². The minimum atomic E-state index is -0.465. The van der Waals surface area contributed by atoms with E-state index in [0.29, 0.717) is 6.42 Å². The van der Waals surface area contributed by atoms with Gasteiger partial charge in [0, 0.05) is 11.3 Å². The van der Waals surface area contributed by atoms with Crippen LogP contribution in [-0.2, 0) is 0 Å². The van der Waals surface area contributed by atoms with E-state index < -0.39 is 6.04 Å². The molecule has 0 fully saturated rings. The summed E-state index contributed by atoms with van der Waals surface area (Å²) < 4.78 is 0. The first-order chi connectivity index (χ1) is 7.68. The van der Waals surface area contributed by atoms with Crippen LogP contribution in [0.15, 0.2) is 36.4 Å². The SMILES string of the molecule is Cc1ccc([C@@H]2CC=CC[C@H]2[N+](=O)[O-])cc1. The van der Waals surface area contributed by atoms with Crippen molar-refractivity contribution in [3.8, 4) is 0 Å².